The van der Waals surface area contributed by atoms with Crippen molar-refractivity contribution in [2.75, 3.05) is 0 Å². The Labute approximate surface area is 89.3 Å². The minimum Gasteiger partial charge on any atom is -0.325 e. The van der Waals surface area contributed by atoms with E-state index >= 15 is 0 Å². The molecule has 1 aromatic rings. The average molecular weight is 208 g/mol. The third kappa shape index (κ3) is 1.12. The zero-order valence-corrected chi connectivity index (χ0v) is 8.85. The Hall–Kier alpha value is -0.530. The van der Waals surface area contributed by atoms with E-state index in [0.29, 0.717) is 5.41 Å². The van der Waals surface area contributed by atoms with E-state index in [2.05, 4.69) is 12.1 Å². The number of nitrogens with two attached hydrogens (primary N) is 1. The van der Waals surface area contributed by atoms with E-state index in [-0.39, 0.29) is 5.54 Å². The molecule has 1 aromatic carbocycles. The van der Waals surface area contributed by atoms with Gasteiger partial charge in [-0.25, -0.2) is 0 Å². The highest BCUT2D eigenvalue weighted by molar-refractivity contribution is 6.31. The number of halogens is 1. The Morgan fingerprint density at radius 2 is 1.86 bits per heavy atom. The Balaban J connectivity index is 1.77. The SMILES string of the molecule is NC12CC(Cc3ccccc3Cl)(C1)C2. The fourth-order valence-electron chi connectivity index (χ4n) is 3.32. The zero-order valence-electron chi connectivity index (χ0n) is 8.09. The van der Waals surface area contributed by atoms with Gasteiger partial charge in [-0.15, -0.1) is 0 Å². The maximum atomic E-state index is 6.13. The van der Waals surface area contributed by atoms with Crippen LogP contribution in [0.2, 0.25) is 5.02 Å². The van der Waals surface area contributed by atoms with Crippen LogP contribution in [0.3, 0.4) is 0 Å². The number of hydrogen-bond donors (Lipinski definition) is 1. The van der Waals surface area contributed by atoms with Crippen LogP contribution in [0.25, 0.3) is 0 Å². The average Bonchev–Trinajstić information content (AvgIpc) is 2.04. The first-order valence-electron chi connectivity index (χ1n) is 5.13. The molecular weight excluding hydrogens is 194 g/mol. The van der Waals surface area contributed by atoms with Crippen LogP contribution < -0.4 is 5.73 Å². The second-order valence-corrected chi connectivity index (χ2v) is 5.57. The maximum absolute atomic E-state index is 6.13. The van der Waals surface area contributed by atoms with Gasteiger partial charge in [0.1, 0.15) is 0 Å². The molecule has 3 fully saturated rings. The molecule has 0 aliphatic heterocycles. The number of benzene rings is 1. The molecule has 0 saturated heterocycles. The lowest BCUT2D eigenvalue weighted by Crippen LogP contribution is -2.72. The molecule has 74 valence electrons. The van der Waals surface area contributed by atoms with Crippen LogP contribution in [0.1, 0.15) is 24.8 Å². The minimum atomic E-state index is 0.210. The quantitative estimate of drug-likeness (QED) is 0.793. The van der Waals surface area contributed by atoms with Gasteiger partial charge in [-0.2, -0.15) is 0 Å². The highest BCUT2D eigenvalue weighted by atomic mass is 35.5. The van der Waals surface area contributed by atoms with Crippen LogP contribution in [0.5, 0.6) is 0 Å². The summed E-state index contributed by atoms with van der Waals surface area (Å²) >= 11 is 6.13. The first-order chi connectivity index (χ1) is 6.61. The van der Waals surface area contributed by atoms with Crippen molar-refractivity contribution in [3.8, 4) is 0 Å². The van der Waals surface area contributed by atoms with Crippen molar-refractivity contribution in [1.29, 1.82) is 0 Å². The lowest BCUT2D eigenvalue weighted by atomic mass is 9.38. The summed E-state index contributed by atoms with van der Waals surface area (Å²) in [4.78, 5) is 0. The highest BCUT2D eigenvalue weighted by Crippen LogP contribution is 2.67. The summed E-state index contributed by atoms with van der Waals surface area (Å²) in [5.74, 6) is 0. The Morgan fingerprint density at radius 1 is 1.21 bits per heavy atom. The van der Waals surface area contributed by atoms with E-state index in [1.807, 2.05) is 12.1 Å². The van der Waals surface area contributed by atoms with Crippen LogP contribution in [0.15, 0.2) is 24.3 Å². The van der Waals surface area contributed by atoms with Gasteiger partial charge in [0.15, 0.2) is 0 Å². The fourth-order valence-corrected chi connectivity index (χ4v) is 3.52. The molecule has 0 amide bonds. The van der Waals surface area contributed by atoms with Gasteiger partial charge < -0.3 is 5.73 Å². The largest absolute Gasteiger partial charge is 0.325 e. The molecule has 3 aliphatic rings. The first-order valence-corrected chi connectivity index (χ1v) is 5.51. The molecule has 0 unspecified atom stereocenters. The molecule has 2 N–H and O–H groups in total. The fraction of sp³-hybridized carbons (Fsp3) is 0.500. The van der Waals surface area contributed by atoms with Crippen molar-refractivity contribution in [1.82, 2.24) is 0 Å². The van der Waals surface area contributed by atoms with Gasteiger partial charge in [-0.1, -0.05) is 29.8 Å². The molecule has 4 rings (SSSR count). The van der Waals surface area contributed by atoms with E-state index in [4.69, 9.17) is 17.3 Å². The van der Waals surface area contributed by atoms with E-state index < -0.39 is 0 Å². The van der Waals surface area contributed by atoms with Crippen LogP contribution >= 0.6 is 11.6 Å². The molecule has 0 radical (unpaired) electrons. The molecular formula is C12H14ClN. The summed E-state index contributed by atoms with van der Waals surface area (Å²) in [6.07, 6.45) is 4.72. The first kappa shape index (κ1) is 8.75. The summed E-state index contributed by atoms with van der Waals surface area (Å²) in [6, 6.07) is 8.15. The van der Waals surface area contributed by atoms with Gasteiger partial charge in [0, 0.05) is 10.6 Å². The zero-order chi connectivity index (χ0) is 9.81. The lowest BCUT2D eigenvalue weighted by molar-refractivity contribution is -0.130. The maximum Gasteiger partial charge on any atom is 0.0438 e. The van der Waals surface area contributed by atoms with Crippen molar-refractivity contribution in [3.63, 3.8) is 0 Å². The Bertz CT molecular complexity index is 366. The van der Waals surface area contributed by atoms with Crippen molar-refractivity contribution < 1.29 is 0 Å². The lowest BCUT2D eigenvalue weighted by Gasteiger charge is -2.69. The minimum absolute atomic E-state index is 0.210. The van der Waals surface area contributed by atoms with E-state index in [1.54, 1.807) is 0 Å². The standard InChI is InChI=1S/C12H14ClN/c13-10-4-2-1-3-9(10)5-11-6-12(14,7-11)8-11/h1-4H,5-8,14H2. The van der Waals surface area contributed by atoms with Gasteiger partial charge in [-0.05, 0) is 42.7 Å². The van der Waals surface area contributed by atoms with Gasteiger partial charge in [0.2, 0.25) is 0 Å². The predicted molar refractivity (Wildman–Crippen MR) is 58.4 cm³/mol. The van der Waals surface area contributed by atoms with Crippen molar-refractivity contribution in [2.45, 2.75) is 31.2 Å². The second-order valence-electron chi connectivity index (χ2n) is 5.16. The molecule has 2 heteroatoms. The van der Waals surface area contributed by atoms with Crippen molar-refractivity contribution in [2.24, 2.45) is 11.1 Å². The normalized spacial score (nSPS) is 38.7. The highest BCUT2D eigenvalue weighted by Gasteiger charge is 2.65. The Morgan fingerprint density at radius 3 is 2.43 bits per heavy atom. The summed E-state index contributed by atoms with van der Waals surface area (Å²) in [5.41, 5.74) is 8.04. The summed E-state index contributed by atoms with van der Waals surface area (Å²) < 4.78 is 0. The van der Waals surface area contributed by atoms with E-state index in [0.717, 1.165) is 11.4 Å². The molecule has 14 heavy (non-hydrogen) atoms. The number of hydrogen-bond acceptors (Lipinski definition) is 1. The topological polar surface area (TPSA) is 26.0 Å². The third-order valence-electron chi connectivity index (χ3n) is 3.70. The predicted octanol–water partition coefficient (Wildman–Crippen LogP) is 2.76. The summed E-state index contributed by atoms with van der Waals surface area (Å²) in [7, 11) is 0. The third-order valence-corrected chi connectivity index (χ3v) is 4.07. The molecule has 1 nitrogen and oxygen atoms in total. The smallest absolute Gasteiger partial charge is 0.0438 e. The molecule has 3 saturated carbocycles. The van der Waals surface area contributed by atoms with Crippen LogP contribution in [0.4, 0.5) is 0 Å². The molecule has 2 bridgehead atoms. The van der Waals surface area contributed by atoms with Gasteiger partial charge in [-0.3, -0.25) is 0 Å². The molecule has 3 aliphatic carbocycles. The van der Waals surface area contributed by atoms with Crippen LogP contribution in [0, 0.1) is 5.41 Å². The molecule has 0 heterocycles. The Kier molecular flexibility index (Phi) is 1.58. The van der Waals surface area contributed by atoms with Crippen molar-refractivity contribution in [3.05, 3.63) is 34.9 Å². The van der Waals surface area contributed by atoms with Crippen LogP contribution in [-0.2, 0) is 6.42 Å². The van der Waals surface area contributed by atoms with Gasteiger partial charge >= 0.3 is 0 Å². The number of rotatable bonds is 2. The van der Waals surface area contributed by atoms with E-state index in [1.165, 1.54) is 24.8 Å². The van der Waals surface area contributed by atoms with Crippen LogP contribution in [-0.4, -0.2) is 5.54 Å². The molecule has 0 aromatic heterocycles. The molecule has 0 spiro atoms. The van der Waals surface area contributed by atoms with Crippen molar-refractivity contribution >= 4 is 11.6 Å². The summed E-state index contributed by atoms with van der Waals surface area (Å²) in [5, 5.41) is 0.906. The van der Waals surface area contributed by atoms with E-state index in [9.17, 15) is 0 Å². The molecule has 0 atom stereocenters. The monoisotopic (exact) mass is 207 g/mol. The van der Waals surface area contributed by atoms with Gasteiger partial charge in [0.25, 0.3) is 0 Å². The second kappa shape index (κ2) is 2.53. The van der Waals surface area contributed by atoms with Gasteiger partial charge in [0.05, 0.1) is 0 Å². The summed E-state index contributed by atoms with van der Waals surface area (Å²) in [6.45, 7) is 0.